The van der Waals surface area contributed by atoms with Gasteiger partial charge in [0.25, 0.3) is 0 Å². The smallest absolute Gasteiger partial charge is 0.0701 e. The van der Waals surface area contributed by atoms with Crippen molar-refractivity contribution in [1.82, 2.24) is 9.78 Å². The number of nitrogens with zero attached hydrogens (tertiary/aromatic N) is 2. The largest absolute Gasteiger partial charge is 0.324 e. The zero-order chi connectivity index (χ0) is 12.4. The van der Waals surface area contributed by atoms with Gasteiger partial charge in [0, 0.05) is 36.1 Å². The molecule has 3 nitrogen and oxygen atoms in total. The Morgan fingerprint density at radius 1 is 1.53 bits per heavy atom. The molecule has 2 N–H and O–H groups in total. The van der Waals surface area contributed by atoms with Gasteiger partial charge in [0.2, 0.25) is 0 Å². The molecule has 1 unspecified atom stereocenters. The Balaban J connectivity index is 2.16. The topological polar surface area (TPSA) is 43.8 Å². The van der Waals surface area contributed by atoms with Crippen LogP contribution in [0.15, 0.2) is 22.1 Å². The first-order chi connectivity index (χ1) is 8.10. The van der Waals surface area contributed by atoms with Crippen LogP contribution in [0.25, 0.3) is 0 Å². The Morgan fingerprint density at radius 3 is 2.88 bits per heavy atom. The average Bonchev–Trinajstić information content (AvgIpc) is 2.84. The Kier molecular flexibility index (Phi) is 4.01. The lowest BCUT2D eigenvalue weighted by atomic mass is 10.0. The van der Waals surface area contributed by atoms with Crippen LogP contribution in [-0.2, 0) is 19.9 Å². The van der Waals surface area contributed by atoms with Crippen LogP contribution in [0.3, 0.4) is 0 Å². The molecule has 2 aromatic heterocycles. The molecule has 0 aliphatic carbocycles. The van der Waals surface area contributed by atoms with E-state index in [9.17, 15) is 0 Å². The molecule has 0 amide bonds. The van der Waals surface area contributed by atoms with Gasteiger partial charge in [-0.25, -0.2) is 0 Å². The zero-order valence-electron chi connectivity index (χ0n) is 9.98. The molecule has 0 spiro atoms. The Bertz CT molecular complexity index is 504. The molecule has 0 saturated heterocycles. The lowest BCUT2D eigenvalue weighted by Crippen LogP contribution is -2.13. The highest BCUT2D eigenvalue weighted by Crippen LogP contribution is 2.27. The van der Waals surface area contributed by atoms with Gasteiger partial charge < -0.3 is 5.73 Å². The maximum Gasteiger partial charge on any atom is 0.0701 e. The van der Waals surface area contributed by atoms with E-state index in [1.165, 1.54) is 10.4 Å². The van der Waals surface area contributed by atoms with E-state index in [1.807, 2.05) is 17.9 Å². The van der Waals surface area contributed by atoms with E-state index in [0.29, 0.717) is 0 Å². The van der Waals surface area contributed by atoms with Crippen LogP contribution in [0.2, 0.25) is 0 Å². The summed E-state index contributed by atoms with van der Waals surface area (Å²) in [6.45, 7) is 2.11. The second-order valence-corrected chi connectivity index (χ2v) is 6.62. The number of nitrogens with two attached hydrogens (primary N) is 1. The second-order valence-electron chi connectivity index (χ2n) is 4.07. The highest BCUT2D eigenvalue weighted by Gasteiger charge is 2.15. The van der Waals surface area contributed by atoms with E-state index in [2.05, 4.69) is 40.1 Å². The molecule has 2 rings (SSSR count). The van der Waals surface area contributed by atoms with Crippen LogP contribution in [0.4, 0.5) is 0 Å². The summed E-state index contributed by atoms with van der Waals surface area (Å²) in [7, 11) is 1.94. The van der Waals surface area contributed by atoms with Gasteiger partial charge in [-0.1, -0.05) is 6.92 Å². The number of aromatic nitrogens is 2. The van der Waals surface area contributed by atoms with Crippen LogP contribution in [0, 0.1) is 0 Å². The average molecular weight is 314 g/mol. The molecule has 2 heterocycles. The van der Waals surface area contributed by atoms with Gasteiger partial charge in [0.05, 0.1) is 9.48 Å². The van der Waals surface area contributed by atoms with Gasteiger partial charge in [-0.3, -0.25) is 4.68 Å². The maximum atomic E-state index is 6.26. The minimum atomic E-state index is 0.0317. The minimum Gasteiger partial charge on any atom is -0.324 e. The molecular formula is C12H16BrN3S. The monoisotopic (exact) mass is 313 g/mol. The highest BCUT2D eigenvalue weighted by atomic mass is 79.9. The zero-order valence-corrected chi connectivity index (χ0v) is 12.4. The van der Waals surface area contributed by atoms with E-state index < -0.39 is 0 Å². The van der Waals surface area contributed by atoms with E-state index in [4.69, 9.17) is 5.73 Å². The van der Waals surface area contributed by atoms with Crippen molar-refractivity contribution < 1.29 is 0 Å². The number of hydrogen-bond donors (Lipinski definition) is 1. The molecule has 2 aromatic rings. The highest BCUT2D eigenvalue weighted by molar-refractivity contribution is 9.11. The number of halogens is 1. The molecule has 5 heteroatoms. The van der Waals surface area contributed by atoms with Crippen molar-refractivity contribution in [2.24, 2.45) is 12.8 Å². The standard InChI is InChI=1S/C12H16BrN3S/c1-3-11-9(7-16(2)15-11)10(14)6-8-4-5-12(13)17-8/h4-5,7,10H,3,6,14H2,1-2H3. The summed E-state index contributed by atoms with van der Waals surface area (Å²) >= 11 is 5.21. The van der Waals surface area contributed by atoms with Gasteiger partial charge >= 0.3 is 0 Å². The summed E-state index contributed by atoms with van der Waals surface area (Å²) in [5.74, 6) is 0. The molecule has 0 radical (unpaired) electrons. The summed E-state index contributed by atoms with van der Waals surface area (Å²) in [5, 5.41) is 4.43. The molecule has 0 fully saturated rings. The summed E-state index contributed by atoms with van der Waals surface area (Å²) < 4.78 is 3.00. The van der Waals surface area contributed by atoms with E-state index in [-0.39, 0.29) is 6.04 Å². The number of thiophene rings is 1. The minimum absolute atomic E-state index is 0.0317. The van der Waals surface area contributed by atoms with Gasteiger partial charge in [0.1, 0.15) is 0 Å². The lowest BCUT2D eigenvalue weighted by molar-refractivity contribution is 0.719. The normalized spacial score (nSPS) is 12.9. The molecule has 1 atom stereocenters. The van der Waals surface area contributed by atoms with Crippen molar-refractivity contribution in [3.05, 3.63) is 38.3 Å². The first kappa shape index (κ1) is 12.8. The van der Waals surface area contributed by atoms with Crippen molar-refractivity contribution in [3.63, 3.8) is 0 Å². The summed E-state index contributed by atoms with van der Waals surface area (Å²) in [6.07, 6.45) is 3.83. The molecule has 17 heavy (non-hydrogen) atoms. The Morgan fingerprint density at radius 2 is 2.29 bits per heavy atom. The van der Waals surface area contributed by atoms with Crippen molar-refractivity contribution in [2.45, 2.75) is 25.8 Å². The second kappa shape index (κ2) is 5.33. The van der Waals surface area contributed by atoms with Crippen LogP contribution in [0.5, 0.6) is 0 Å². The fourth-order valence-corrected chi connectivity index (χ4v) is 3.47. The van der Waals surface area contributed by atoms with Gasteiger partial charge in [0.15, 0.2) is 0 Å². The van der Waals surface area contributed by atoms with Crippen molar-refractivity contribution in [1.29, 1.82) is 0 Å². The van der Waals surface area contributed by atoms with E-state index in [1.54, 1.807) is 11.3 Å². The first-order valence-electron chi connectivity index (χ1n) is 5.62. The SMILES string of the molecule is CCc1nn(C)cc1C(N)Cc1ccc(Br)s1. The fourth-order valence-electron chi connectivity index (χ4n) is 1.93. The van der Waals surface area contributed by atoms with Gasteiger partial charge in [-0.05, 0) is 34.5 Å². The molecule has 0 bridgehead atoms. The van der Waals surface area contributed by atoms with E-state index >= 15 is 0 Å². The van der Waals surface area contributed by atoms with Crippen LogP contribution in [0.1, 0.15) is 29.1 Å². The number of hydrogen-bond acceptors (Lipinski definition) is 3. The summed E-state index contributed by atoms with van der Waals surface area (Å²) in [6, 6.07) is 4.22. The van der Waals surface area contributed by atoms with E-state index in [0.717, 1.165) is 22.3 Å². The molecule has 0 aromatic carbocycles. The number of rotatable bonds is 4. The van der Waals surface area contributed by atoms with Crippen LogP contribution < -0.4 is 5.73 Å². The molecule has 0 saturated carbocycles. The third-order valence-electron chi connectivity index (χ3n) is 2.72. The first-order valence-corrected chi connectivity index (χ1v) is 7.23. The van der Waals surface area contributed by atoms with Crippen molar-refractivity contribution in [2.75, 3.05) is 0 Å². The molecule has 92 valence electrons. The lowest BCUT2D eigenvalue weighted by Gasteiger charge is -2.09. The van der Waals surface area contributed by atoms with Crippen molar-refractivity contribution >= 4 is 27.3 Å². The maximum absolute atomic E-state index is 6.26. The summed E-state index contributed by atoms with van der Waals surface area (Å²) in [4.78, 5) is 1.30. The third kappa shape index (κ3) is 2.97. The molecule has 0 aliphatic rings. The quantitative estimate of drug-likeness (QED) is 0.942. The third-order valence-corrected chi connectivity index (χ3v) is 4.37. The van der Waals surface area contributed by atoms with Crippen LogP contribution in [-0.4, -0.2) is 9.78 Å². The van der Waals surface area contributed by atoms with Gasteiger partial charge in [-0.2, -0.15) is 5.10 Å². The predicted molar refractivity (Wildman–Crippen MR) is 75.2 cm³/mol. The molecule has 0 aliphatic heterocycles. The summed E-state index contributed by atoms with van der Waals surface area (Å²) in [5.41, 5.74) is 8.54. The Hall–Kier alpha value is -0.650. The predicted octanol–water partition coefficient (Wildman–Crippen LogP) is 3.05. The molecular weight excluding hydrogens is 298 g/mol. The Labute approximate surface area is 114 Å². The van der Waals surface area contributed by atoms with Crippen LogP contribution >= 0.6 is 27.3 Å². The number of aryl methyl sites for hydroxylation is 2. The fraction of sp³-hybridized carbons (Fsp3) is 0.417. The van der Waals surface area contributed by atoms with Gasteiger partial charge in [-0.15, -0.1) is 11.3 Å². The van der Waals surface area contributed by atoms with Crippen molar-refractivity contribution in [3.8, 4) is 0 Å².